The molecular formula is C11H24N4O3. The van der Waals surface area contributed by atoms with Crippen molar-refractivity contribution >= 4 is 12.1 Å². The van der Waals surface area contributed by atoms with Crippen LogP contribution in [0.1, 0.15) is 33.6 Å². The van der Waals surface area contributed by atoms with Crippen molar-refractivity contribution in [2.45, 2.75) is 39.2 Å². The van der Waals surface area contributed by atoms with Crippen molar-refractivity contribution in [2.75, 3.05) is 20.1 Å². The Kier molecular flexibility index (Phi) is 7.11. The molecule has 0 atom stereocenters. The van der Waals surface area contributed by atoms with Crippen LogP contribution >= 0.6 is 0 Å². The Morgan fingerprint density at radius 2 is 1.89 bits per heavy atom. The first-order valence-corrected chi connectivity index (χ1v) is 5.97. The van der Waals surface area contributed by atoms with Crippen LogP contribution in [0.25, 0.3) is 0 Å². The highest BCUT2D eigenvalue weighted by atomic mass is 16.6. The summed E-state index contributed by atoms with van der Waals surface area (Å²) < 4.78 is 5.08. The average Bonchev–Trinajstić information content (AvgIpc) is 2.20. The molecule has 18 heavy (non-hydrogen) atoms. The second kappa shape index (κ2) is 7.75. The molecule has 0 unspecified atom stereocenters. The number of carbonyl (C=O) groups excluding carboxylic acids is 2. The zero-order chi connectivity index (χ0) is 14.2. The molecule has 0 aromatic rings. The fraction of sp³-hybridized carbons (Fsp3) is 0.818. The molecule has 0 fully saturated rings. The molecule has 0 aromatic carbocycles. The fourth-order valence-corrected chi connectivity index (χ4v) is 1.23. The van der Waals surface area contributed by atoms with E-state index in [0.717, 1.165) is 12.8 Å². The maximum Gasteiger partial charge on any atom is 0.407 e. The van der Waals surface area contributed by atoms with Crippen molar-refractivity contribution in [2.24, 2.45) is 5.73 Å². The number of urea groups is 1. The van der Waals surface area contributed by atoms with Crippen molar-refractivity contribution in [1.29, 1.82) is 0 Å². The first kappa shape index (κ1) is 16.5. The molecule has 0 aliphatic heterocycles. The number of alkyl carbamates (subject to hydrolysis) is 1. The van der Waals surface area contributed by atoms with Crippen LogP contribution in [0.15, 0.2) is 0 Å². The van der Waals surface area contributed by atoms with Crippen LogP contribution in [0, 0.1) is 0 Å². The van der Waals surface area contributed by atoms with Crippen molar-refractivity contribution in [1.82, 2.24) is 15.8 Å². The Balaban J connectivity index is 3.62. The van der Waals surface area contributed by atoms with Gasteiger partial charge in [0, 0.05) is 20.1 Å². The van der Waals surface area contributed by atoms with Crippen molar-refractivity contribution in [3.05, 3.63) is 0 Å². The van der Waals surface area contributed by atoms with Gasteiger partial charge in [-0.2, -0.15) is 0 Å². The molecule has 0 aliphatic carbocycles. The number of hydrazine groups is 1. The average molecular weight is 260 g/mol. The summed E-state index contributed by atoms with van der Waals surface area (Å²) in [4.78, 5) is 22.1. The summed E-state index contributed by atoms with van der Waals surface area (Å²) in [5.74, 6) is 0. The summed E-state index contributed by atoms with van der Waals surface area (Å²) >= 11 is 0. The number of rotatable bonds is 6. The molecule has 4 N–H and O–H groups in total. The summed E-state index contributed by atoms with van der Waals surface area (Å²) in [5.41, 5.74) is 7.31. The molecule has 3 amide bonds. The van der Waals surface area contributed by atoms with E-state index in [1.165, 1.54) is 5.01 Å². The highest BCUT2D eigenvalue weighted by molar-refractivity contribution is 5.71. The minimum atomic E-state index is -0.516. The zero-order valence-corrected chi connectivity index (χ0v) is 11.6. The third-order valence-corrected chi connectivity index (χ3v) is 2.01. The molecule has 7 nitrogen and oxygen atoms in total. The first-order valence-electron chi connectivity index (χ1n) is 5.97. The minimum Gasteiger partial charge on any atom is -0.444 e. The van der Waals surface area contributed by atoms with Crippen LogP contribution in [-0.2, 0) is 4.74 Å². The van der Waals surface area contributed by atoms with Crippen LogP contribution in [0.5, 0.6) is 0 Å². The molecule has 0 saturated heterocycles. The second-order valence-corrected chi connectivity index (χ2v) is 4.85. The molecule has 0 aliphatic rings. The van der Waals surface area contributed by atoms with Gasteiger partial charge >= 0.3 is 12.1 Å². The first-order chi connectivity index (χ1) is 8.26. The number of nitrogens with zero attached hydrogens (tertiary/aromatic N) is 1. The molecule has 0 heterocycles. The molecule has 0 radical (unpaired) electrons. The molecular weight excluding hydrogens is 236 g/mol. The largest absolute Gasteiger partial charge is 0.444 e. The van der Waals surface area contributed by atoms with Gasteiger partial charge in [0.15, 0.2) is 0 Å². The highest BCUT2D eigenvalue weighted by Crippen LogP contribution is 2.06. The number of nitrogens with two attached hydrogens (primary N) is 1. The number of nitrogens with one attached hydrogen (secondary N) is 2. The third kappa shape index (κ3) is 8.63. The molecule has 7 heteroatoms. The lowest BCUT2D eigenvalue weighted by molar-refractivity contribution is 0.0526. The number of amides is 3. The van der Waals surface area contributed by atoms with Crippen molar-refractivity contribution in [3.63, 3.8) is 0 Å². The topological polar surface area (TPSA) is 96.7 Å². The van der Waals surface area contributed by atoms with Crippen LogP contribution < -0.4 is 16.5 Å². The van der Waals surface area contributed by atoms with E-state index < -0.39 is 17.7 Å². The third-order valence-electron chi connectivity index (χ3n) is 2.01. The molecule has 0 saturated carbocycles. The van der Waals surface area contributed by atoms with Gasteiger partial charge in [0.25, 0.3) is 0 Å². The SMILES string of the molecule is CNN(CCCCNC(=O)OC(C)(C)C)C(N)=O. The normalized spacial score (nSPS) is 10.9. The smallest absolute Gasteiger partial charge is 0.407 e. The summed E-state index contributed by atoms with van der Waals surface area (Å²) in [5, 5.41) is 3.96. The Labute approximate surface area is 108 Å². The van der Waals surface area contributed by atoms with Gasteiger partial charge in [-0.1, -0.05) is 0 Å². The van der Waals surface area contributed by atoms with E-state index in [4.69, 9.17) is 10.5 Å². The van der Waals surface area contributed by atoms with Crippen molar-refractivity contribution in [3.8, 4) is 0 Å². The van der Waals surface area contributed by atoms with E-state index in [0.29, 0.717) is 13.1 Å². The second-order valence-electron chi connectivity index (χ2n) is 4.85. The van der Waals surface area contributed by atoms with E-state index in [2.05, 4.69) is 10.7 Å². The quantitative estimate of drug-likeness (QED) is 0.486. The van der Waals surface area contributed by atoms with E-state index in [9.17, 15) is 9.59 Å². The van der Waals surface area contributed by atoms with E-state index in [1.807, 2.05) is 20.8 Å². The molecule has 0 spiro atoms. The standard InChI is InChI=1S/C11H24N4O3/c1-11(2,3)18-10(17)14-7-5-6-8-15(13-4)9(12)16/h13H,5-8H2,1-4H3,(H2,12,16)(H,14,17). The number of hydrogen-bond acceptors (Lipinski definition) is 4. The summed E-state index contributed by atoms with van der Waals surface area (Å²) in [6.45, 7) is 6.44. The highest BCUT2D eigenvalue weighted by Gasteiger charge is 2.15. The van der Waals surface area contributed by atoms with Gasteiger partial charge in [0.05, 0.1) is 0 Å². The number of hydrogen-bond donors (Lipinski definition) is 3. The minimum absolute atomic E-state index is 0.428. The fourth-order valence-electron chi connectivity index (χ4n) is 1.23. The number of ether oxygens (including phenoxy) is 1. The lowest BCUT2D eigenvalue weighted by Gasteiger charge is -2.20. The van der Waals surface area contributed by atoms with E-state index in [1.54, 1.807) is 7.05 Å². The summed E-state index contributed by atoms with van der Waals surface area (Å²) in [6, 6.07) is -0.516. The number of carbonyl (C=O) groups is 2. The Morgan fingerprint density at radius 1 is 1.28 bits per heavy atom. The molecule has 106 valence electrons. The van der Waals surface area contributed by atoms with Gasteiger partial charge in [-0.15, -0.1) is 0 Å². The predicted molar refractivity (Wildman–Crippen MR) is 68.8 cm³/mol. The summed E-state index contributed by atoms with van der Waals surface area (Å²) in [6.07, 6.45) is 1.05. The molecule has 0 rings (SSSR count). The van der Waals surface area contributed by atoms with Crippen LogP contribution in [-0.4, -0.2) is 42.9 Å². The van der Waals surface area contributed by atoms with Crippen LogP contribution in [0.3, 0.4) is 0 Å². The van der Waals surface area contributed by atoms with Gasteiger partial charge in [0.1, 0.15) is 5.60 Å². The molecule has 0 bridgehead atoms. The lowest BCUT2D eigenvalue weighted by atomic mass is 10.2. The Bertz CT molecular complexity index is 276. The van der Waals surface area contributed by atoms with E-state index in [-0.39, 0.29) is 0 Å². The maximum absolute atomic E-state index is 11.3. The van der Waals surface area contributed by atoms with Gasteiger partial charge in [-0.05, 0) is 33.6 Å². The number of primary amides is 1. The Hall–Kier alpha value is -1.50. The predicted octanol–water partition coefficient (Wildman–Crippen LogP) is 0.806. The Morgan fingerprint density at radius 3 is 2.33 bits per heavy atom. The van der Waals surface area contributed by atoms with Gasteiger partial charge < -0.3 is 15.8 Å². The monoisotopic (exact) mass is 260 g/mol. The van der Waals surface area contributed by atoms with Gasteiger partial charge in [0.2, 0.25) is 0 Å². The summed E-state index contributed by atoms with van der Waals surface area (Å²) in [7, 11) is 1.63. The van der Waals surface area contributed by atoms with E-state index >= 15 is 0 Å². The lowest BCUT2D eigenvalue weighted by Crippen LogP contribution is -2.44. The zero-order valence-electron chi connectivity index (χ0n) is 11.6. The van der Waals surface area contributed by atoms with Gasteiger partial charge in [-0.3, -0.25) is 5.01 Å². The number of unbranched alkanes of at least 4 members (excludes halogenated alkanes) is 1. The van der Waals surface area contributed by atoms with Crippen LogP contribution in [0.2, 0.25) is 0 Å². The van der Waals surface area contributed by atoms with Crippen LogP contribution in [0.4, 0.5) is 9.59 Å². The van der Waals surface area contributed by atoms with Crippen molar-refractivity contribution < 1.29 is 14.3 Å². The molecule has 0 aromatic heterocycles. The maximum atomic E-state index is 11.3. The van der Waals surface area contributed by atoms with Gasteiger partial charge in [-0.25, -0.2) is 15.0 Å².